The Balaban J connectivity index is 2.45. The Hall–Kier alpha value is -2.68. The number of para-hydroxylation sites is 2. The fourth-order valence-corrected chi connectivity index (χ4v) is 3.34. The number of anilines is 1. The van der Waals surface area contributed by atoms with Crippen LogP contribution in [0.2, 0.25) is 0 Å². The molecule has 0 radical (unpaired) electrons. The minimum Gasteiger partial charge on any atom is -0.339 e. The number of hydrogen-bond donors (Lipinski definition) is 1. The van der Waals surface area contributed by atoms with Gasteiger partial charge in [-0.05, 0) is 25.0 Å². The second-order valence-electron chi connectivity index (χ2n) is 6.96. The van der Waals surface area contributed by atoms with Gasteiger partial charge >= 0.3 is 0 Å². The van der Waals surface area contributed by atoms with Gasteiger partial charge in [-0.1, -0.05) is 52.2 Å². The number of nitrogens with one attached hydrogen (secondary N) is 1. The standard InChI is InChI=1S/C22H31N5O/c1-4-7-8-11-17(5-2)27(16-24-21(28)6-3)22-20(14-15-23)25-18-12-9-10-13-19(18)26-22/h9-10,12-13,17H,4-8,11,14,16H2,1-3H3,(H,24,28)/t17-/m1/s1. The van der Waals surface area contributed by atoms with E-state index in [1.165, 1.54) is 12.8 Å². The molecule has 1 N–H and O–H groups in total. The molecule has 0 spiro atoms. The number of unbranched alkanes of at least 4 members (excludes halogenated alkanes) is 2. The van der Waals surface area contributed by atoms with Crippen LogP contribution in [0, 0.1) is 11.3 Å². The van der Waals surface area contributed by atoms with Crippen LogP contribution in [0.5, 0.6) is 0 Å². The highest BCUT2D eigenvalue weighted by Crippen LogP contribution is 2.25. The van der Waals surface area contributed by atoms with Gasteiger partial charge in [0.25, 0.3) is 0 Å². The van der Waals surface area contributed by atoms with Crippen molar-refractivity contribution in [1.29, 1.82) is 5.26 Å². The predicted molar refractivity (Wildman–Crippen MR) is 113 cm³/mol. The number of benzene rings is 1. The molecule has 28 heavy (non-hydrogen) atoms. The molecule has 0 saturated carbocycles. The molecule has 1 atom stereocenters. The zero-order valence-corrected chi connectivity index (χ0v) is 17.2. The maximum Gasteiger partial charge on any atom is 0.221 e. The Bertz CT molecular complexity index is 814. The molecule has 1 aromatic carbocycles. The smallest absolute Gasteiger partial charge is 0.221 e. The summed E-state index contributed by atoms with van der Waals surface area (Å²) in [5.74, 6) is 0.712. The third-order valence-corrected chi connectivity index (χ3v) is 4.96. The van der Waals surface area contributed by atoms with Crippen molar-refractivity contribution in [3.63, 3.8) is 0 Å². The summed E-state index contributed by atoms with van der Waals surface area (Å²) in [6, 6.07) is 10.1. The zero-order chi connectivity index (χ0) is 20.4. The van der Waals surface area contributed by atoms with E-state index in [4.69, 9.17) is 9.97 Å². The van der Waals surface area contributed by atoms with Crippen LogP contribution in [0.1, 0.15) is 65.0 Å². The van der Waals surface area contributed by atoms with E-state index < -0.39 is 0 Å². The van der Waals surface area contributed by atoms with Crippen LogP contribution >= 0.6 is 0 Å². The van der Waals surface area contributed by atoms with E-state index in [0.717, 1.165) is 30.3 Å². The lowest BCUT2D eigenvalue weighted by Gasteiger charge is -2.33. The van der Waals surface area contributed by atoms with E-state index in [-0.39, 0.29) is 18.4 Å². The minimum absolute atomic E-state index is 0.00370. The molecule has 0 aliphatic rings. The monoisotopic (exact) mass is 381 g/mol. The van der Waals surface area contributed by atoms with Crippen LogP contribution in [0.3, 0.4) is 0 Å². The van der Waals surface area contributed by atoms with Crippen molar-refractivity contribution >= 4 is 22.8 Å². The molecule has 6 heteroatoms. The second-order valence-corrected chi connectivity index (χ2v) is 6.96. The number of fused-ring (bicyclic) bond motifs is 1. The third-order valence-electron chi connectivity index (χ3n) is 4.96. The van der Waals surface area contributed by atoms with Gasteiger partial charge in [0.05, 0.1) is 35.9 Å². The number of carbonyl (C=O) groups is 1. The van der Waals surface area contributed by atoms with E-state index in [2.05, 4.69) is 30.1 Å². The number of rotatable bonds is 11. The summed E-state index contributed by atoms with van der Waals surface area (Å²) in [5, 5.41) is 12.3. The first-order valence-corrected chi connectivity index (χ1v) is 10.3. The van der Waals surface area contributed by atoms with Crippen molar-refractivity contribution in [2.75, 3.05) is 11.6 Å². The summed E-state index contributed by atoms with van der Waals surface area (Å²) >= 11 is 0. The van der Waals surface area contributed by atoms with Gasteiger partial charge in [-0.3, -0.25) is 4.79 Å². The van der Waals surface area contributed by atoms with Crippen molar-refractivity contribution < 1.29 is 4.79 Å². The van der Waals surface area contributed by atoms with E-state index in [9.17, 15) is 10.1 Å². The first-order chi connectivity index (χ1) is 13.6. The van der Waals surface area contributed by atoms with Gasteiger partial charge < -0.3 is 10.2 Å². The molecular weight excluding hydrogens is 350 g/mol. The van der Waals surface area contributed by atoms with Gasteiger partial charge in [0.15, 0.2) is 5.82 Å². The average Bonchev–Trinajstić information content (AvgIpc) is 2.72. The molecule has 2 rings (SSSR count). The molecule has 0 aliphatic carbocycles. The molecule has 2 aromatic rings. The van der Waals surface area contributed by atoms with Crippen molar-refractivity contribution in [2.24, 2.45) is 0 Å². The number of hydrogen-bond acceptors (Lipinski definition) is 5. The SMILES string of the molecule is CCCCC[C@@H](CC)N(CNC(=O)CC)c1nc2ccccc2nc1CC#N. The summed E-state index contributed by atoms with van der Waals surface area (Å²) in [6.45, 7) is 6.57. The minimum atomic E-state index is 0.00370. The Morgan fingerprint density at radius 1 is 1.18 bits per heavy atom. The van der Waals surface area contributed by atoms with Crippen LogP contribution < -0.4 is 10.2 Å². The van der Waals surface area contributed by atoms with Crippen LogP contribution in [0.25, 0.3) is 11.0 Å². The van der Waals surface area contributed by atoms with Gasteiger partial charge in [-0.2, -0.15) is 5.26 Å². The molecule has 1 amide bonds. The highest BCUT2D eigenvalue weighted by Gasteiger charge is 2.23. The van der Waals surface area contributed by atoms with E-state index in [1.807, 2.05) is 31.2 Å². The number of carbonyl (C=O) groups excluding carboxylic acids is 1. The summed E-state index contributed by atoms with van der Waals surface area (Å²) < 4.78 is 0. The highest BCUT2D eigenvalue weighted by atomic mass is 16.1. The number of nitrogens with zero attached hydrogens (tertiary/aromatic N) is 4. The molecule has 1 aromatic heterocycles. The van der Waals surface area contributed by atoms with Crippen LogP contribution in [0.4, 0.5) is 5.82 Å². The fourth-order valence-electron chi connectivity index (χ4n) is 3.34. The number of aromatic nitrogens is 2. The first-order valence-electron chi connectivity index (χ1n) is 10.3. The van der Waals surface area contributed by atoms with Crippen molar-refractivity contribution in [3.05, 3.63) is 30.0 Å². The molecule has 0 aliphatic heterocycles. The Morgan fingerprint density at radius 3 is 2.50 bits per heavy atom. The lowest BCUT2D eigenvalue weighted by Crippen LogP contribution is -2.44. The summed E-state index contributed by atoms with van der Waals surface area (Å²) in [6.07, 6.45) is 6.06. The van der Waals surface area contributed by atoms with E-state index in [0.29, 0.717) is 24.6 Å². The van der Waals surface area contributed by atoms with Gasteiger partial charge in [-0.25, -0.2) is 9.97 Å². The van der Waals surface area contributed by atoms with E-state index >= 15 is 0 Å². The van der Waals surface area contributed by atoms with E-state index in [1.54, 1.807) is 0 Å². The zero-order valence-electron chi connectivity index (χ0n) is 17.2. The molecule has 150 valence electrons. The Kier molecular flexibility index (Phi) is 8.67. The molecule has 1 heterocycles. The van der Waals surface area contributed by atoms with Gasteiger partial charge in [0, 0.05) is 12.5 Å². The quantitative estimate of drug-likeness (QED) is 0.462. The number of amides is 1. The van der Waals surface area contributed by atoms with Gasteiger partial charge in [0.2, 0.25) is 5.91 Å². The summed E-state index contributed by atoms with van der Waals surface area (Å²) in [4.78, 5) is 23.6. The average molecular weight is 382 g/mol. The predicted octanol–water partition coefficient (Wildman–Crippen LogP) is 4.34. The van der Waals surface area contributed by atoms with Gasteiger partial charge in [-0.15, -0.1) is 0 Å². The number of nitriles is 1. The largest absolute Gasteiger partial charge is 0.339 e. The molecule has 0 bridgehead atoms. The topological polar surface area (TPSA) is 81.9 Å². The molecule has 6 nitrogen and oxygen atoms in total. The molecular formula is C22H31N5O. The van der Waals surface area contributed by atoms with Gasteiger partial charge in [0.1, 0.15) is 0 Å². The lowest BCUT2D eigenvalue weighted by molar-refractivity contribution is -0.120. The Labute approximate surface area is 168 Å². The Morgan fingerprint density at radius 2 is 1.89 bits per heavy atom. The second kappa shape index (κ2) is 11.2. The van der Waals surface area contributed by atoms with Crippen molar-refractivity contribution in [1.82, 2.24) is 15.3 Å². The highest BCUT2D eigenvalue weighted by molar-refractivity contribution is 5.77. The summed E-state index contributed by atoms with van der Waals surface area (Å²) in [7, 11) is 0. The van der Waals surface area contributed by atoms with Crippen molar-refractivity contribution in [2.45, 2.75) is 71.8 Å². The molecule has 0 saturated heterocycles. The van der Waals surface area contributed by atoms with Crippen LogP contribution in [-0.4, -0.2) is 28.6 Å². The van der Waals surface area contributed by atoms with Crippen LogP contribution in [-0.2, 0) is 11.2 Å². The van der Waals surface area contributed by atoms with Crippen molar-refractivity contribution in [3.8, 4) is 6.07 Å². The fraction of sp³-hybridized carbons (Fsp3) is 0.545. The first kappa shape index (κ1) is 21.6. The molecule has 0 fully saturated rings. The maximum absolute atomic E-state index is 11.9. The summed E-state index contributed by atoms with van der Waals surface area (Å²) in [5.41, 5.74) is 2.25. The maximum atomic E-state index is 11.9. The third kappa shape index (κ3) is 5.66. The molecule has 0 unspecified atom stereocenters. The normalized spacial score (nSPS) is 11.8. The lowest BCUT2D eigenvalue weighted by atomic mass is 10.0. The van der Waals surface area contributed by atoms with Crippen LogP contribution in [0.15, 0.2) is 24.3 Å².